The maximum absolute atomic E-state index is 11.1. The Bertz CT molecular complexity index is 360. The largest absolute Gasteiger partial charge is 0.490 e. The predicted octanol–water partition coefficient (Wildman–Crippen LogP) is 3.72. The fraction of sp³-hybridized carbons (Fsp3) is 0.417. The van der Waals surface area contributed by atoms with Crippen LogP contribution in [-0.4, -0.2) is 19.2 Å². The Hall–Kier alpha value is -0.930. The SMILES string of the molecule is CCOC(=O)CCCOc1c(Cl)cccc1Cl. The molecule has 0 saturated carbocycles. The normalized spacial score (nSPS) is 10.1. The number of halogens is 2. The molecule has 3 nitrogen and oxygen atoms in total. The van der Waals surface area contributed by atoms with E-state index in [9.17, 15) is 4.79 Å². The van der Waals surface area contributed by atoms with Crippen molar-refractivity contribution in [3.8, 4) is 5.75 Å². The highest BCUT2D eigenvalue weighted by Crippen LogP contribution is 2.32. The van der Waals surface area contributed by atoms with E-state index >= 15 is 0 Å². The average molecular weight is 277 g/mol. The van der Waals surface area contributed by atoms with Crippen molar-refractivity contribution in [2.75, 3.05) is 13.2 Å². The van der Waals surface area contributed by atoms with Gasteiger partial charge in [0, 0.05) is 6.42 Å². The van der Waals surface area contributed by atoms with Crippen molar-refractivity contribution in [3.63, 3.8) is 0 Å². The summed E-state index contributed by atoms with van der Waals surface area (Å²) in [4.78, 5) is 11.1. The van der Waals surface area contributed by atoms with Gasteiger partial charge in [-0.3, -0.25) is 4.79 Å². The van der Waals surface area contributed by atoms with E-state index in [0.717, 1.165) is 0 Å². The van der Waals surface area contributed by atoms with E-state index < -0.39 is 0 Å². The lowest BCUT2D eigenvalue weighted by atomic mass is 10.3. The molecule has 5 heteroatoms. The highest BCUT2D eigenvalue weighted by Gasteiger charge is 2.07. The zero-order chi connectivity index (χ0) is 12.7. The Morgan fingerprint density at radius 3 is 2.53 bits per heavy atom. The van der Waals surface area contributed by atoms with E-state index in [2.05, 4.69) is 0 Å². The second kappa shape index (κ2) is 7.41. The predicted molar refractivity (Wildman–Crippen MR) is 67.8 cm³/mol. The number of carbonyl (C=O) groups excluding carboxylic acids is 1. The molecular formula is C12H14Cl2O3. The van der Waals surface area contributed by atoms with Gasteiger partial charge in [-0.1, -0.05) is 29.3 Å². The van der Waals surface area contributed by atoms with Gasteiger partial charge in [-0.2, -0.15) is 0 Å². The Morgan fingerprint density at radius 1 is 1.29 bits per heavy atom. The molecule has 0 fully saturated rings. The second-order valence-electron chi connectivity index (χ2n) is 3.31. The summed E-state index contributed by atoms with van der Waals surface area (Å²) in [7, 11) is 0. The van der Waals surface area contributed by atoms with E-state index in [1.165, 1.54) is 0 Å². The lowest BCUT2D eigenvalue weighted by Crippen LogP contribution is -2.07. The van der Waals surface area contributed by atoms with Crippen molar-refractivity contribution >= 4 is 29.2 Å². The van der Waals surface area contributed by atoms with Gasteiger partial charge in [0.15, 0.2) is 5.75 Å². The topological polar surface area (TPSA) is 35.5 Å². The molecule has 1 aromatic rings. The first-order chi connectivity index (χ1) is 8.15. The van der Waals surface area contributed by atoms with Gasteiger partial charge in [-0.05, 0) is 25.5 Å². The van der Waals surface area contributed by atoms with Crippen molar-refractivity contribution < 1.29 is 14.3 Å². The zero-order valence-electron chi connectivity index (χ0n) is 9.54. The molecule has 0 aliphatic heterocycles. The van der Waals surface area contributed by atoms with E-state index in [1.807, 2.05) is 0 Å². The van der Waals surface area contributed by atoms with Crippen LogP contribution in [0.5, 0.6) is 5.75 Å². The lowest BCUT2D eigenvalue weighted by molar-refractivity contribution is -0.143. The number of rotatable bonds is 6. The van der Waals surface area contributed by atoms with E-state index in [0.29, 0.717) is 41.9 Å². The van der Waals surface area contributed by atoms with Crippen molar-refractivity contribution in [2.24, 2.45) is 0 Å². The third-order valence-corrected chi connectivity index (χ3v) is 2.59. The highest BCUT2D eigenvalue weighted by atomic mass is 35.5. The number of carbonyl (C=O) groups is 1. The first-order valence-corrected chi connectivity index (χ1v) is 6.13. The molecular weight excluding hydrogens is 263 g/mol. The average Bonchev–Trinajstić information content (AvgIpc) is 2.28. The number of benzene rings is 1. The van der Waals surface area contributed by atoms with Crippen LogP contribution in [0.4, 0.5) is 0 Å². The maximum Gasteiger partial charge on any atom is 0.305 e. The molecule has 0 aliphatic rings. The smallest absolute Gasteiger partial charge is 0.305 e. The number of hydrogen-bond acceptors (Lipinski definition) is 3. The summed E-state index contributed by atoms with van der Waals surface area (Å²) in [5.74, 6) is 0.237. The molecule has 94 valence electrons. The molecule has 1 rings (SSSR count). The molecule has 0 atom stereocenters. The minimum Gasteiger partial charge on any atom is -0.490 e. The fourth-order valence-corrected chi connectivity index (χ4v) is 1.75. The molecule has 0 saturated heterocycles. The summed E-state index contributed by atoms with van der Waals surface area (Å²) < 4.78 is 10.2. The van der Waals surface area contributed by atoms with Crippen LogP contribution in [0, 0.1) is 0 Å². The Labute approximate surface area is 111 Å². The first kappa shape index (κ1) is 14.1. The Kier molecular flexibility index (Phi) is 6.16. The van der Waals surface area contributed by atoms with Gasteiger partial charge in [0.1, 0.15) is 0 Å². The number of hydrogen-bond donors (Lipinski definition) is 0. The highest BCUT2D eigenvalue weighted by molar-refractivity contribution is 6.37. The number of esters is 1. The molecule has 0 unspecified atom stereocenters. The van der Waals surface area contributed by atoms with Gasteiger partial charge in [0.05, 0.1) is 23.3 Å². The monoisotopic (exact) mass is 276 g/mol. The standard InChI is InChI=1S/C12H14Cl2O3/c1-2-16-11(15)7-4-8-17-12-9(13)5-3-6-10(12)14/h3,5-6H,2,4,7-8H2,1H3. The Balaban J connectivity index is 2.34. The molecule has 0 amide bonds. The summed E-state index contributed by atoms with van der Waals surface area (Å²) in [6.45, 7) is 2.55. The molecule has 0 bridgehead atoms. The second-order valence-corrected chi connectivity index (χ2v) is 4.12. The lowest BCUT2D eigenvalue weighted by Gasteiger charge is -2.09. The fourth-order valence-electron chi connectivity index (χ4n) is 1.24. The zero-order valence-corrected chi connectivity index (χ0v) is 11.1. The minimum atomic E-state index is -0.221. The molecule has 0 spiro atoms. The van der Waals surface area contributed by atoms with Crippen molar-refractivity contribution in [1.29, 1.82) is 0 Å². The molecule has 0 aliphatic carbocycles. The first-order valence-electron chi connectivity index (χ1n) is 5.37. The summed E-state index contributed by atoms with van der Waals surface area (Å²) >= 11 is 11.8. The van der Waals surface area contributed by atoms with Crippen LogP contribution in [0.25, 0.3) is 0 Å². The van der Waals surface area contributed by atoms with Crippen LogP contribution in [-0.2, 0) is 9.53 Å². The van der Waals surface area contributed by atoms with Gasteiger partial charge in [-0.25, -0.2) is 0 Å². The van der Waals surface area contributed by atoms with Gasteiger partial charge >= 0.3 is 5.97 Å². The van der Waals surface area contributed by atoms with Crippen molar-refractivity contribution in [1.82, 2.24) is 0 Å². The Morgan fingerprint density at radius 2 is 1.94 bits per heavy atom. The van der Waals surface area contributed by atoms with Crippen molar-refractivity contribution in [2.45, 2.75) is 19.8 Å². The van der Waals surface area contributed by atoms with E-state index in [-0.39, 0.29) is 5.97 Å². The van der Waals surface area contributed by atoms with Gasteiger partial charge in [-0.15, -0.1) is 0 Å². The van der Waals surface area contributed by atoms with E-state index in [4.69, 9.17) is 32.7 Å². The van der Waals surface area contributed by atoms with E-state index in [1.54, 1.807) is 25.1 Å². The molecule has 0 N–H and O–H groups in total. The van der Waals surface area contributed by atoms with Crippen LogP contribution in [0.1, 0.15) is 19.8 Å². The third kappa shape index (κ3) is 4.84. The van der Waals surface area contributed by atoms with Crippen LogP contribution >= 0.6 is 23.2 Å². The van der Waals surface area contributed by atoms with Gasteiger partial charge < -0.3 is 9.47 Å². The molecule has 1 aromatic carbocycles. The maximum atomic E-state index is 11.1. The number of ether oxygens (including phenoxy) is 2. The molecule has 0 heterocycles. The van der Waals surface area contributed by atoms with Gasteiger partial charge in [0.2, 0.25) is 0 Å². The molecule has 17 heavy (non-hydrogen) atoms. The minimum absolute atomic E-state index is 0.221. The van der Waals surface area contributed by atoms with Crippen LogP contribution in [0.15, 0.2) is 18.2 Å². The molecule has 0 aromatic heterocycles. The summed E-state index contributed by atoms with van der Waals surface area (Å²) in [6, 6.07) is 5.15. The van der Waals surface area contributed by atoms with Crippen LogP contribution in [0.2, 0.25) is 10.0 Å². The summed E-state index contributed by atoms with van der Waals surface area (Å²) in [5.41, 5.74) is 0. The third-order valence-electron chi connectivity index (χ3n) is 2.00. The quantitative estimate of drug-likeness (QED) is 0.587. The van der Waals surface area contributed by atoms with Crippen molar-refractivity contribution in [3.05, 3.63) is 28.2 Å². The van der Waals surface area contributed by atoms with Gasteiger partial charge in [0.25, 0.3) is 0 Å². The summed E-state index contributed by atoms with van der Waals surface area (Å²) in [5, 5.41) is 0.933. The summed E-state index contributed by atoms with van der Waals surface area (Å²) in [6.07, 6.45) is 0.899. The number of para-hydroxylation sites is 1. The molecule has 0 radical (unpaired) electrons. The van der Waals surface area contributed by atoms with Crippen LogP contribution in [0.3, 0.4) is 0 Å². The van der Waals surface area contributed by atoms with Crippen LogP contribution < -0.4 is 4.74 Å².